The van der Waals surface area contributed by atoms with Crippen LogP contribution in [0.3, 0.4) is 0 Å². The molecule has 0 bridgehead atoms. The van der Waals surface area contributed by atoms with Crippen molar-refractivity contribution in [3.63, 3.8) is 0 Å². The number of aromatic nitrogens is 4. The van der Waals surface area contributed by atoms with Gasteiger partial charge >= 0.3 is 0 Å². The zero-order chi connectivity index (χ0) is 11.0. The average molecular weight is 316 g/mol. The first-order chi connectivity index (χ1) is 7.09. The summed E-state index contributed by atoms with van der Waals surface area (Å²) in [6.45, 7) is 1.93. The van der Waals surface area contributed by atoms with E-state index in [1.54, 1.807) is 17.1 Å². The molecule has 0 saturated carbocycles. The lowest BCUT2D eigenvalue weighted by molar-refractivity contribution is 0.740. The molecule has 78 valence electrons. The lowest BCUT2D eigenvalue weighted by atomic mass is 10.2. The van der Waals surface area contributed by atoms with E-state index in [1.807, 2.05) is 36.6 Å². The predicted molar refractivity (Wildman–Crippen MR) is 64.5 cm³/mol. The van der Waals surface area contributed by atoms with Gasteiger partial charge in [-0.25, -0.2) is 4.98 Å². The lowest BCUT2D eigenvalue weighted by Crippen LogP contribution is -2.11. The fourth-order valence-corrected chi connectivity index (χ4v) is 1.52. The van der Waals surface area contributed by atoms with Gasteiger partial charge in [-0.05, 0) is 29.5 Å². The largest absolute Gasteiger partial charge is 0.306 e. The molecule has 2 rings (SSSR count). The Labute approximate surface area is 99.7 Å². The van der Waals surface area contributed by atoms with Crippen LogP contribution in [-0.2, 0) is 7.05 Å². The second-order valence-corrected chi connectivity index (χ2v) is 4.34. The van der Waals surface area contributed by atoms with E-state index >= 15 is 0 Å². The van der Waals surface area contributed by atoms with E-state index in [0.29, 0.717) is 9.39 Å². The first-order valence-corrected chi connectivity index (χ1v) is 5.41. The highest BCUT2D eigenvalue weighted by Crippen LogP contribution is 2.16. The van der Waals surface area contributed by atoms with Crippen molar-refractivity contribution >= 4 is 22.6 Å². The van der Waals surface area contributed by atoms with Crippen molar-refractivity contribution in [3.05, 3.63) is 32.0 Å². The van der Waals surface area contributed by atoms with E-state index in [1.165, 1.54) is 0 Å². The molecule has 0 aliphatic carbocycles. The third-order valence-corrected chi connectivity index (χ3v) is 3.01. The summed E-state index contributed by atoms with van der Waals surface area (Å²) in [5.74, 6) is 0.561. The smallest absolute Gasteiger partial charge is 0.264 e. The summed E-state index contributed by atoms with van der Waals surface area (Å²) in [7, 11) is 1.85. The topological polar surface area (TPSA) is 63.6 Å². The number of hydrogen-bond acceptors (Lipinski definition) is 3. The Morgan fingerprint density at radius 3 is 2.73 bits per heavy atom. The Morgan fingerprint density at radius 2 is 2.20 bits per heavy atom. The monoisotopic (exact) mass is 316 g/mol. The Morgan fingerprint density at radius 1 is 1.47 bits per heavy atom. The van der Waals surface area contributed by atoms with Gasteiger partial charge in [0.05, 0.1) is 15.3 Å². The number of nitrogens with one attached hydrogen (secondary N) is 1. The molecule has 15 heavy (non-hydrogen) atoms. The summed E-state index contributed by atoms with van der Waals surface area (Å²) in [6.07, 6.45) is 3.25. The highest BCUT2D eigenvalue weighted by atomic mass is 127. The van der Waals surface area contributed by atoms with E-state index < -0.39 is 0 Å². The van der Waals surface area contributed by atoms with E-state index in [9.17, 15) is 4.79 Å². The van der Waals surface area contributed by atoms with Gasteiger partial charge < -0.3 is 4.98 Å². The van der Waals surface area contributed by atoms with Gasteiger partial charge in [-0.3, -0.25) is 9.48 Å². The highest BCUT2D eigenvalue weighted by molar-refractivity contribution is 14.1. The van der Waals surface area contributed by atoms with Crippen LogP contribution < -0.4 is 5.56 Å². The molecule has 6 heteroatoms. The lowest BCUT2D eigenvalue weighted by Gasteiger charge is -1.99. The van der Waals surface area contributed by atoms with Crippen LogP contribution in [0.1, 0.15) is 5.69 Å². The quantitative estimate of drug-likeness (QED) is 0.801. The van der Waals surface area contributed by atoms with E-state index in [4.69, 9.17) is 0 Å². The Balaban J connectivity index is 2.60. The Hall–Kier alpha value is -1.18. The van der Waals surface area contributed by atoms with Gasteiger partial charge in [0, 0.05) is 18.9 Å². The van der Waals surface area contributed by atoms with Crippen LogP contribution in [0, 0.1) is 10.5 Å². The Kier molecular flexibility index (Phi) is 2.59. The van der Waals surface area contributed by atoms with Crippen LogP contribution >= 0.6 is 22.6 Å². The molecule has 0 aliphatic heterocycles. The minimum atomic E-state index is -0.121. The summed E-state index contributed by atoms with van der Waals surface area (Å²) >= 11 is 1.95. The number of rotatable bonds is 1. The van der Waals surface area contributed by atoms with Gasteiger partial charge in [0.15, 0.2) is 0 Å². The van der Waals surface area contributed by atoms with Gasteiger partial charge in [0.1, 0.15) is 5.82 Å². The van der Waals surface area contributed by atoms with Gasteiger partial charge in [0.2, 0.25) is 0 Å². The maximum absolute atomic E-state index is 11.4. The zero-order valence-corrected chi connectivity index (χ0v) is 10.4. The molecular weight excluding hydrogens is 307 g/mol. The summed E-state index contributed by atoms with van der Waals surface area (Å²) < 4.78 is 2.32. The third-order valence-electron chi connectivity index (χ3n) is 2.25. The molecule has 0 aromatic carbocycles. The molecule has 0 amide bonds. The van der Waals surface area contributed by atoms with E-state index in [2.05, 4.69) is 15.1 Å². The van der Waals surface area contributed by atoms with Crippen molar-refractivity contribution < 1.29 is 0 Å². The molecule has 2 aromatic rings. The highest BCUT2D eigenvalue weighted by Gasteiger charge is 2.09. The molecule has 0 radical (unpaired) electrons. The van der Waals surface area contributed by atoms with Gasteiger partial charge in [0.25, 0.3) is 5.56 Å². The Bertz CT molecular complexity index is 557. The SMILES string of the molecule is Cc1c(-c2ncc(I)c(=O)[nH]2)cnn1C. The van der Waals surface area contributed by atoms with Crippen LogP contribution in [0.2, 0.25) is 0 Å². The summed E-state index contributed by atoms with van der Waals surface area (Å²) in [6, 6.07) is 0. The molecule has 1 N–H and O–H groups in total. The minimum Gasteiger partial charge on any atom is -0.306 e. The second-order valence-electron chi connectivity index (χ2n) is 3.18. The van der Waals surface area contributed by atoms with Crippen LogP contribution in [0.15, 0.2) is 17.2 Å². The van der Waals surface area contributed by atoms with Crippen molar-refractivity contribution in [1.29, 1.82) is 0 Å². The fraction of sp³-hybridized carbons (Fsp3) is 0.222. The number of aryl methyl sites for hydroxylation is 1. The minimum absolute atomic E-state index is 0.121. The van der Waals surface area contributed by atoms with Gasteiger partial charge in [-0.1, -0.05) is 0 Å². The third kappa shape index (κ3) is 1.81. The molecule has 2 aromatic heterocycles. The van der Waals surface area contributed by atoms with Gasteiger partial charge in [-0.15, -0.1) is 0 Å². The maximum atomic E-state index is 11.4. The summed E-state index contributed by atoms with van der Waals surface area (Å²) in [4.78, 5) is 18.3. The van der Waals surface area contributed by atoms with Crippen molar-refractivity contribution in [2.75, 3.05) is 0 Å². The molecule has 0 spiro atoms. The van der Waals surface area contributed by atoms with Crippen LogP contribution in [0.4, 0.5) is 0 Å². The zero-order valence-electron chi connectivity index (χ0n) is 8.28. The summed E-state index contributed by atoms with van der Waals surface area (Å²) in [5, 5.41) is 4.10. The average Bonchev–Trinajstić information content (AvgIpc) is 2.53. The van der Waals surface area contributed by atoms with Gasteiger partial charge in [-0.2, -0.15) is 5.10 Å². The number of aromatic amines is 1. The molecule has 0 aliphatic rings. The van der Waals surface area contributed by atoms with Crippen molar-refractivity contribution in [2.24, 2.45) is 7.05 Å². The van der Waals surface area contributed by atoms with Crippen LogP contribution in [0.25, 0.3) is 11.4 Å². The normalized spacial score (nSPS) is 10.6. The van der Waals surface area contributed by atoms with Crippen molar-refractivity contribution in [2.45, 2.75) is 6.92 Å². The van der Waals surface area contributed by atoms with Crippen molar-refractivity contribution in [1.82, 2.24) is 19.7 Å². The molecular formula is C9H9IN4O. The first-order valence-electron chi connectivity index (χ1n) is 4.33. The standard InChI is InChI=1S/C9H9IN4O/c1-5-6(3-12-14(5)2)8-11-4-7(10)9(15)13-8/h3-4H,1-2H3,(H,11,13,15). The molecule has 2 heterocycles. The summed E-state index contributed by atoms with van der Waals surface area (Å²) in [5.41, 5.74) is 1.70. The van der Waals surface area contributed by atoms with Crippen LogP contribution in [-0.4, -0.2) is 19.7 Å². The number of halogens is 1. The first kappa shape index (κ1) is 10.3. The number of H-pyrrole nitrogens is 1. The maximum Gasteiger partial charge on any atom is 0.264 e. The predicted octanol–water partition coefficient (Wildman–Crippen LogP) is 1.08. The molecule has 0 fully saturated rings. The van der Waals surface area contributed by atoms with Crippen LogP contribution in [0.5, 0.6) is 0 Å². The number of nitrogens with zero attached hydrogens (tertiary/aromatic N) is 3. The number of hydrogen-bond donors (Lipinski definition) is 1. The van der Waals surface area contributed by atoms with Crippen molar-refractivity contribution in [3.8, 4) is 11.4 Å². The van der Waals surface area contributed by atoms with E-state index in [-0.39, 0.29) is 5.56 Å². The second kappa shape index (κ2) is 3.76. The fourth-order valence-electron chi connectivity index (χ4n) is 1.25. The molecule has 0 unspecified atom stereocenters. The molecule has 5 nitrogen and oxygen atoms in total. The van der Waals surface area contributed by atoms with E-state index in [0.717, 1.165) is 11.3 Å². The molecule has 0 saturated heterocycles. The molecule has 0 atom stereocenters.